The van der Waals surface area contributed by atoms with Gasteiger partial charge in [0.1, 0.15) is 11.4 Å². The molecule has 0 aromatic heterocycles. The van der Waals surface area contributed by atoms with Gasteiger partial charge in [-0.1, -0.05) is 0 Å². The second-order valence-electron chi connectivity index (χ2n) is 4.30. The minimum Gasteiger partial charge on any atom is -0.496 e. The zero-order valence-electron chi connectivity index (χ0n) is 10.4. The van der Waals surface area contributed by atoms with Gasteiger partial charge >= 0.3 is 0 Å². The number of nitrogens with two attached hydrogens (primary N) is 1. The Labute approximate surface area is 105 Å². The van der Waals surface area contributed by atoms with Crippen molar-refractivity contribution >= 4 is 11.6 Å². The maximum absolute atomic E-state index is 11.9. The molecule has 5 N–H and O–H groups in total. The predicted molar refractivity (Wildman–Crippen MR) is 67.4 cm³/mol. The van der Waals surface area contributed by atoms with Crippen LogP contribution in [-0.2, 0) is 0 Å². The third-order valence-electron chi connectivity index (χ3n) is 2.44. The fourth-order valence-corrected chi connectivity index (χ4v) is 1.32. The summed E-state index contributed by atoms with van der Waals surface area (Å²) in [6.07, 6.45) is 0. The van der Waals surface area contributed by atoms with Crippen LogP contribution < -0.4 is 15.8 Å². The van der Waals surface area contributed by atoms with Gasteiger partial charge in [0, 0.05) is 12.2 Å². The van der Waals surface area contributed by atoms with Crippen LogP contribution in [0.15, 0.2) is 18.2 Å². The number of hydrogen-bond donors (Lipinski definition) is 4. The Morgan fingerprint density at radius 2 is 2.22 bits per heavy atom. The molecule has 0 heterocycles. The molecule has 1 atom stereocenters. The second kappa shape index (κ2) is 5.70. The van der Waals surface area contributed by atoms with E-state index in [9.17, 15) is 9.90 Å². The Bertz CT molecular complexity index is 432. The molecule has 1 aromatic carbocycles. The molecule has 1 unspecified atom stereocenters. The summed E-state index contributed by atoms with van der Waals surface area (Å²) in [4.78, 5) is 11.9. The van der Waals surface area contributed by atoms with Crippen molar-refractivity contribution in [2.24, 2.45) is 0 Å². The summed E-state index contributed by atoms with van der Waals surface area (Å²) in [5.41, 5.74) is 4.97. The minimum absolute atomic E-state index is 0.0692. The number of methoxy groups -OCH3 is 1. The molecule has 1 amide bonds. The van der Waals surface area contributed by atoms with E-state index in [-0.39, 0.29) is 12.1 Å². The van der Waals surface area contributed by atoms with Crippen molar-refractivity contribution in [2.75, 3.05) is 26.0 Å². The van der Waals surface area contributed by atoms with Crippen molar-refractivity contribution in [1.29, 1.82) is 0 Å². The molecule has 6 nitrogen and oxygen atoms in total. The number of carbonyl (C=O) groups is 1. The van der Waals surface area contributed by atoms with Crippen molar-refractivity contribution in [3.8, 4) is 5.75 Å². The van der Waals surface area contributed by atoms with Crippen LogP contribution in [0.4, 0.5) is 5.69 Å². The van der Waals surface area contributed by atoms with Gasteiger partial charge in [0.25, 0.3) is 5.91 Å². The topological polar surface area (TPSA) is 105 Å². The van der Waals surface area contributed by atoms with E-state index in [1.54, 1.807) is 12.1 Å². The Balaban J connectivity index is 2.81. The van der Waals surface area contributed by atoms with Crippen LogP contribution in [0, 0.1) is 0 Å². The largest absolute Gasteiger partial charge is 0.496 e. The molecular weight excluding hydrogens is 236 g/mol. The van der Waals surface area contributed by atoms with Crippen molar-refractivity contribution in [3.05, 3.63) is 23.8 Å². The van der Waals surface area contributed by atoms with Crippen molar-refractivity contribution in [3.63, 3.8) is 0 Å². The van der Waals surface area contributed by atoms with Gasteiger partial charge in [0.05, 0.1) is 19.3 Å². The third-order valence-corrected chi connectivity index (χ3v) is 2.44. The van der Waals surface area contributed by atoms with E-state index in [2.05, 4.69) is 5.32 Å². The van der Waals surface area contributed by atoms with Gasteiger partial charge in [-0.05, 0) is 25.1 Å². The highest BCUT2D eigenvalue weighted by atomic mass is 16.5. The number of nitrogens with one attached hydrogen (secondary N) is 1. The van der Waals surface area contributed by atoms with Crippen molar-refractivity contribution in [1.82, 2.24) is 5.32 Å². The third kappa shape index (κ3) is 3.61. The van der Waals surface area contributed by atoms with Gasteiger partial charge in [-0.3, -0.25) is 4.79 Å². The van der Waals surface area contributed by atoms with Crippen molar-refractivity contribution in [2.45, 2.75) is 12.5 Å². The van der Waals surface area contributed by atoms with Crippen molar-refractivity contribution < 1.29 is 19.7 Å². The van der Waals surface area contributed by atoms with E-state index < -0.39 is 18.1 Å². The normalized spacial score (nSPS) is 13.8. The van der Waals surface area contributed by atoms with E-state index in [0.717, 1.165) is 0 Å². The van der Waals surface area contributed by atoms with Gasteiger partial charge in [0.15, 0.2) is 0 Å². The monoisotopic (exact) mass is 254 g/mol. The fraction of sp³-hybridized carbons (Fsp3) is 0.417. The van der Waals surface area contributed by atoms with Gasteiger partial charge < -0.3 is 26.0 Å². The summed E-state index contributed by atoms with van der Waals surface area (Å²) < 4.78 is 5.05. The minimum atomic E-state index is -1.36. The van der Waals surface area contributed by atoms with Crippen LogP contribution in [0.1, 0.15) is 17.3 Å². The SMILES string of the molecule is COc1ccc(N)cc1C(=O)NCC(C)(O)CO. The molecule has 0 saturated heterocycles. The molecular formula is C12H18N2O4. The van der Waals surface area contributed by atoms with Gasteiger partial charge in [-0.25, -0.2) is 0 Å². The number of ether oxygens (including phenoxy) is 1. The van der Waals surface area contributed by atoms with Crippen LogP contribution in [-0.4, -0.2) is 42.0 Å². The zero-order chi connectivity index (χ0) is 13.8. The van der Waals surface area contributed by atoms with E-state index in [1.165, 1.54) is 20.1 Å². The number of carbonyl (C=O) groups excluding carboxylic acids is 1. The molecule has 0 radical (unpaired) electrons. The lowest BCUT2D eigenvalue weighted by Gasteiger charge is -2.21. The first-order valence-corrected chi connectivity index (χ1v) is 5.44. The number of benzene rings is 1. The van der Waals surface area contributed by atoms with Gasteiger partial charge in [-0.15, -0.1) is 0 Å². The molecule has 0 spiro atoms. The number of amides is 1. The molecule has 0 saturated carbocycles. The average molecular weight is 254 g/mol. The van der Waals surface area contributed by atoms with E-state index in [0.29, 0.717) is 11.4 Å². The molecule has 0 aliphatic heterocycles. The van der Waals surface area contributed by atoms with Crippen LogP contribution in [0.2, 0.25) is 0 Å². The van der Waals surface area contributed by atoms with Gasteiger partial charge in [0.2, 0.25) is 0 Å². The number of anilines is 1. The average Bonchev–Trinajstić information content (AvgIpc) is 2.36. The lowest BCUT2D eigenvalue weighted by atomic mass is 10.1. The maximum Gasteiger partial charge on any atom is 0.255 e. The molecule has 1 rings (SSSR count). The smallest absolute Gasteiger partial charge is 0.255 e. The molecule has 18 heavy (non-hydrogen) atoms. The Morgan fingerprint density at radius 3 is 2.78 bits per heavy atom. The fourth-order valence-electron chi connectivity index (χ4n) is 1.32. The Morgan fingerprint density at radius 1 is 1.56 bits per heavy atom. The number of nitrogen functional groups attached to an aromatic ring is 1. The molecule has 0 bridgehead atoms. The van der Waals surface area contributed by atoms with Gasteiger partial charge in [-0.2, -0.15) is 0 Å². The molecule has 100 valence electrons. The molecule has 0 aliphatic carbocycles. The van der Waals surface area contributed by atoms with E-state index in [4.69, 9.17) is 15.6 Å². The summed E-state index contributed by atoms with van der Waals surface area (Å²) in [5.74, 6) is -0.0294. The summed E-state index contributed by atoms with van der Waals surface area (Å²) in [6.45, 7) is 0.908. The molecule has 0 fully saturated rings. The number of aliphatic hydroxyl groups excluding tert-OH is 1. The van der Waals surface area contributed by atoms with Crippen LogP contribution in [0.5, 0.6) is 5.75 Å². The number of aliphatic hydroxyl groups is 2. The molecule has 1 aromatic rings. The second-order valence-corrected chi connectivity index (χ2v) is 4.30. The summed E-state index contributed by atoms with van der Waals surface area (Å²) in [7, 11) is 1.45. The lowest BCUT2D eigenvalue weighted by molar-refractivity contribution is 0.00318. The predicted octanol–water partition coefficient (Wildman–Crippen LogP) is -0.249. The first-order valence-electron chi connectivity index (χ1n) is 5.44. The highest BCUT2D eigenvalue weighted by Gasteiger charge is 2.21. The van der Waals surface area contributed by atoms with Crippen LogP contribution in [0.3, 0.4) is 0 Å². The summed E-state index contributed by atoms with van der Waals surface area (Å²) in [5, 5.41) is 21.0. The number of rotatable bonds is 5. The highest BCUT2D eigenvalue weighted by molar-refractivity contribution is 5.97. The molecule has 0 aliphatic rings. The Kier molecular flexibility index (Phi) is 4.52. The number of hydrogen-bond acceptors (Lipinski definition) is 5. The zero-order valence-corrected chi connectivity index (χ0v) is 10.4. The quantitative estimate of drug-likeness (QED) is 0.542. The maximum atomic E-state index is 11.9. The first kappa shape index (κ1) is 14.3. The standard InChI is InChI=1S/C12H18N2O4/c1-12(17,7-15)6-14-11(16)9-5-8(13)3-4-10(9)18-2/h3-5,15,17H,6-7,13H2,1-2H3,(H,14,16). The molecule has 6 heteroatoms. The lowest BCUT2D eigenvalue weighted by Crippen LogP contribution is -2.43. The van der Waals surface area contributed by atoms with Crippen LogP contribution in [0.25, 0.3) is 0 Å². The first-order chi connectivity index (χ1) is 8.39. The Hall–Kier alpha value is -1.79. The van der Waals surface area contributed by atoms with E-state index >= 15 is 0 Å². The van der Waals surface area contributed by atoms with E-state index in [1.807, 2.05) is 0 Å². The summed E-state index contributed by atoms with van der Waals surface area (Å²) in [6, 6.07) is 4.70. The highest BCUT2D eigenvalue weighted by Crippen LogP contribution is 2.20. The summed E-state index contributed by atoms with van der Waals surface area (Å²) >= 11 is 0. The van der Waals surface area contributed by atoms with Crippen LogP contribution >= 0.6 is 0 Å².